The highest BCUT2D eigenvalue weighted by Gasteiger charge is 2.45. The van der Waals surface area contributed by atoms with Gasteiger partial charge in [-0.25, -0.2) is 0 Å². The number of rotatable bonds is 3. The zero-order valence-electron chi connectivity index (χ0n) is 10.9. The fourth-order valence-corrected chi connectivity index (χ4v) is 3.21. The summed E-state index contributed by atoms with van der Waals surface area (Å²) in [6.07, 6.45) is -0.0129. The van der Waals surface area contributed by atoms with Crippen molar-refractivity contribution in [2.75, 3.05) is 0 Å². The van der Waals surface area contributed by atoms with Crippen LogP contribution in [0.3, 0.4) is 0 Å². The van der Waals surface area contributed by atoms with Crippen molar-refractivity contribution in [1.29, 1.82) is 0 Å². The van der Waals surface area contributed by atoms with E-state index in [0.717, 1.165) is 0 Å². The van der Waals surface area contributed by atoms with Gasteiger partial charge in [0.25, 0.3) is 0 Å². The van der Waals surface area contributed by atoms with Gasteiger partial charge in [-0.1, -0.05) is 20.8 Å². The Bertz CT molecular complexity index is 288. The molecule has 1 aliphatic heterocycles. The molecule has 1 N–H and O–H groups in total. The lowest BCUT2D eigenvalue weighted by Gasteiger charge is -2.44. The third-order valence-corrected chi connectivity index (χ3v) is 8.71. The molecule has 0 unspecified atom stereocenters. The van der Waals surface area contributed by atoms with Crippen molar-refractivity contribution in [3.63, 3.8) is 0 Å². The second-order valence-corrected chi connectivity index (χ2v) is 11.2. The Balaban J connectivity index is 2.58. The average molecular weight is 264 g/mol. The van der Waals surface area contributed by atoms with Gasteiger partial charge in [-0.05, 0) is 25.1 Å². The van der Waals surface area contributed by atoms with Gasteiger partial charge in [0.05, 0.1) is 12.1 Å². The quantitative estimate of drug-likeness (QED) is 0.483. The fraction of sp³-hybridized carbons (Fsp3) is 0.909. The second kappa shape index (κ2) is 4.31. The lowest BCUT2D eigenvalue weighted by Crippen LogP contribution is -2.66. The summed E-state index contributed by atoms with van der Waals surface area (Å²) in [7, 11) is -1.77. The van der Waals surface area contributed by atoms with Crippen LogP contribution >= 0.6 is 11.6 Å². The summed E-state index contributed by atoms with van der Waals surface area (Å²) in [6, 6.07) is -0.0386. The van der Waals surface area contributed by atoms with Crippen LogP contribution in [0.2, 0.25) is 18.1 Å². The zero-order valence-corrected chi connectivity index (χ0v) is 12.7. The second-order valence-electron chi connectivity index (χ2n) is 6.02. The number of carbonyl (C=O) groups is 1. The topological polar surface area (TPSA) is 38.3 Å². The van der Waals surface area contributed by atoms with Crippen molar-refractivity contribution < 1.29 is 9.22 Å². The average Bonchev–Trinajstić information content (AvgIpc) is 2.10. The molecule has 0 spiro atoms. The van der Waals surface area contributed by atoms with E-state index in [4.69, 9.17) is 16.0 Å². The molecule has 5 heteroatoms. The van der Waals surface area contributed by atoms with Crippen LogP contribution < -0.4 is 5.32 Å². The number of hydrogen-bond donors (Lipinski definition) is 1. The molecule has 3 atom stereocenters. The minimum absolute atomic E-state index is 0.0129. The summed E-state index contributed by atoms with van der Waals surface area (Å²) in [5, 5.41) is 2.54. The van der Waals surface area contributed by atoms with Gasteiger partial charge in [0, 0.05) is 0 Å². The van der Waals surface area contributed by atoms with E-state index < -0.39 is 13.7 Å². The Hall–Kier alpha value is -0.0631. The maximum absolute atomic E-state index is 11.0. The summed E-state index contributed by atoms with van der Waals surface area (Å²) in [4.78, 5) is 11.0. The van der Waals surface area contributed by atoms with Gasteiger partial charge in [0.2, 0.25) is 5.91 Å². The molecule has 0 saturated carbocycles. The Morgan fingerprint density at radius 2 is 1.94 bits per heavy atom. The molecule has 1 saturated heterocycles. The molecular formula is C11H22ClNO2Si. The molecule has 1 amide bonds. The number of nitrogens with one attached hydrogen (secondary N) is 1. The van der Waals surface area contributed by atoms with Crippen LogP contribution in [0.15, 0.2) is 0 Å². The molecule has 94 valence electrons. The van der Waals surface area contributed by atoms with Crippen LogP contribution in [0.4, 0.5) is 0 Å². The first-order valence-corrected chi connectivity index (χ1v) is 9.03. The molecule has 0 aromatic carbocycles. The standard InChI is InChI=1S/C11H22ClNO2Si/c1-7(9-8(12)10(14)13-9)15-16(5,6)11(2,3)4/h7-9H,1-6H3,(H,13,14)/t7-,8+,9+/m0/s1. The molecule has 0 aromatic heterocycles. The van der Waals surface area contributed by atoms with Crippen molar-refractivity contribution >= 4 is 25.8 Å². The van der Waals surface area contributed by atoms with Crippen LogP contribution in [0, 0.1) is 0 Å². The summed E-state index contributed by atoms with van der Waals surface area (Å²) in [5.74, 6) is -0.0858. The van der Waals surface area contributed by atoms with Crippen LogP contribution in [-0.4, -0.2) is 31.7 Å². The van der Waals surface area contributed by atoms with Crippen molar-refractivity contribution in [3.05, 3.63) is 0 Å². The Kier molecular flexibility index (Phi) is 3.77. The van der Waals surface area contributed by atoms with E-state index >= 15 is 0 Å². The van der Waals surface area contributed by atoms with E-state index in [1.165, 1.54) is 0 Å². The Morgan fingerprint density at radius 1 is 1.44 bits per heavy atom. The lowest BCUT2D eigenvalue weighted by atomic mass is 10.0. The molecule has 0 radical (unpaired) electrons. The predicted octanol–water partition coefficient (Wildman–Crippen LogP) is 2.50. The minimum atomic E-state index is -1.77. The van der Waals surface area contributed by atoms with Gasteiger partial charge in [0.15, 0.2) is 8.32 Å². The van der Waals surface area contributed by atoms with Gasteiger partial charge in [-0.3, -0.25) is 4.79 Å². The third kappa shape index (κ3) is 2.60. The third-order valence-electron chi connectivity index (χ3n) is 3.67. The highest BCUT2D eigenvalue weighted by molar-refractivity contribution is 6.74. The van der Waals surface area contributed by atoms with Crippen molar-refractivity contribution in [1.82, 2.24) is 5.32 Å². The van der Waals surface area contributed by atoms with Gasteiger partial charge < -0.3 is 9.74 Å². The molecule has 1 heterocycles. The smallest absolute Gasteiger partial charge is 0.240 e. The Morgan fingerprint density at radius 3 is 2.25 bits per heavy atom. The van der Waals surface area contributed by atoms with Crippen molar-refractivity contribution in [3.8, 4) is 0 Å². The van der Waals surface area contributed by atoms with Crippen LogP contribution in [0.25, 0.3) is 0 Å². The van der Waals surface area contributed by atoms with Gasteiger partial charge in [0.1, 0.15) is 5.38 Å². The van der Waals surface area contributed by atoms with Crippen LogP contribution in [0.1, 0.15) is 27.7 Å². The molecule has 16 heavy (non-hydrogen) atoms. The number of hydrogen-bond acceptors (Lipinski definition) is 2. The molecule has 1 aliphatic rings. The van der Waals surface area contributed by atoms with Gasteiger partial charge >= 0.3 is 0 Å². The van der Waals surface area contributed by atoms with E-state index in [1.54, 1.807) is 0 Å². The predicted molar refractivity (Wildman–Crippen MR) is 69.3 cm³/mol. The Labute approximate surface area is 104 Å². The number of β-lactam (4-membered cyclic amide) rings is 1. The summed E-state index contributed by atoms with van der Waals surface area (Å²) >= 11 is 5.93. The zero-order chi connectivity index (χ0) is 12.7. The molecule has 0 aromatic rings. The molecule has 1 fully saturated rings. The number of alkyl halides is 1. The highest BCUT2D eigenvalue weighted by Crippen LogP contribution is 2.38. The van der Waals surface area contributed by atoms with E-state index in [2.05, 4.69) is 39.2 Å². The van der Waals surface area contributed by atoms with E-state index in [1.807, 2.05) is 6.92 Å². The molecular weight excluding hydrogens is 242 g/mol. The lowest BCUT2D eigenvalue weighted by molar-refractivity contribution is -0.129. The van der Waals surface area contributed by atoms with E-state index in [0.29, 0.717) is 0 Å². The highest BCUT2D eigenvalue weighted by atomic mass is 35.5. The minimum Gasteiger partial charge on any atom is -0.412 e. The molecule has 1 rings (SSSR count). The van der Waals surface area contributed by atoms with E-state index in [-0.39, 0.29) is 23.1 Å². The summed E-state index contributed by atoms with van der Waals surface area (Å²) in [6.45, 7) is 13.0. The molecule has 0 aliphatic carbocycles. The van der Waals surface area contributed by atoms with Gasteiger partial charge in [-0.15, -0.1) is 11.6 Å². The maximum Gasteiger partial charge on any atom is 0.240 e. The van der Waals surface area contributed by atoms with E-state index in [9.17, 15) is 4.79 Å². The van der Waals surface area contributed by atoms with Crippen molar-refractivity contribution in [2.45, 2.75) is 63.4 Å². The first kappa shape index (κ1) is 14.0. The first-order valence-electron chi connectivity index (χ1n) is 5.68. The van der Waals surface area contributed by atoms with Crippen molar-refractivity contribution in [2.24, 2.45) is 0 Å². The maximum atomic E-state index is 11.0. The number of carbonyl (C=O) groups excluding carboxylic acids is 1. The number of amides is 1. The molecule has 0 bridgehead atoms. The summed E-state index contributed by atoms with van der Waals surface area (Å²) < 4.78 is 6.16. The first-order chi connectivity index (χ1) is 7.06. The molecule has 3 nitrogen and oxygen atoms in total. The van der Waals surface area contributed by atoms with Gasteiger partial charge in [-0.2, -0.15) is 0 Å². The number of halogens is 1. The normalized spacial score (nSPS) is 28.3. The summed E-state index contributed by atoms with van der Waals surface area (Å²) in [5.41, 5.74) is 0. The SMILES string of the molecule is C[C@H](O[Si](C)(C)C(C)(C)C)[C@H]1NC(=O)[C@@H]1Cl. The largest absolute Gasteiger partial charge is 0.412 e. The van der Waals surface area contributed by atoms with Crippen LogP contribution in [0.5, 0.6) is 0 Å². The van der Waals surface area contributed by atoms with Crippen LogP contribution in [-0.2, 0) is 9.22 Å². The monoisotopic (exact) mass is 263 g/mol. The fourth-order valence-electron chi connectivity index (χ4n) is 1.45.